The van der Waals surface area contributed by atoms with Crippen molar-refractivity contribution in [1.82, 2.24) is 14.5 Å². The zero-order valence-electron chi connectivity index (χ0n) is 22.2. The van der Waals surface area contributed by atoms with Gasteiger partial charge in [-0.05, 0) is 37.0 Å². The van der Waals surface area contributed by atoms with Crippen molar-refractivity contribution in [3.05, 3.63) is 17.7 Å². The largest absolute Gasteiger partial charge is 0.493 e. The zero-order valence-corrected chi connectivity index (χ0v) is 23.0. The first-order chi connectivity index (χ1) is 18.1. The van der Waals surface area contributed by atoms with Crippen molar-refractivity contribution in [2.24, 2.45) is 5.92 Å². The number of nitrogens with zero attached hydrogens (tertiary/aromatic N) is 2. The third kappa shape index (κ3) is 7.49. The topological polar surface area (TPSA) is 155 Å². The van der Waals surface area contributed by atoms with E-state index in [-0.39, 0.29) is 45.4 Å². The van der Waals surface area contributed by atoms with Crippen molar-refractivity contribution in [1.29, 1.82) is 0 Å². The number of carboxylic acids is 1. The maximum atomic E-state index is 13.4. The van der Waals surface area contributed by atoms with Crippen molar-refractivity contribution in [3.8, 4) is 17.2 Å². The molecule has 0 radical (unpaired) electrons. The lowest BCUT2D eigenvalue weighted by Gasteiger charge is -2.29. The summed E-state index contributed by atoms with van der Waals surface area (Å²) in [5.74, 6) is -1.25. The van der Waals surface area contributed by atoms with Crippen molar-refractivity contribution in [2.75, 3.05) is 59.5 Å². The average molecular weight is 558 g/mol. The molecular weight excluding hydrogens is 518 g/mol. The van der Waals surface area contributed by atoms with Crippen molar-refractivity contribution >= 4 is 21.9 Å². The second-order valence-corrected chi connectivity index (χ2v) is 11.5. The quantitative estimate of drug-likeness (QED) is 0.283. The molecule has 0 spiro atoms. The SMILES string of the molecule is CCCCN(CCCO)C(=O)CN1C[C@H](c2cc(OC)c3c(c2)OCO3)C(C(=O)O)[C@@H]1CCNS(C)(=O)=O. The standard InChI is InChI=1S/C25H39N3O9S/c1-4-5-9-27(10-6-11-29)22(30)15-28-14-18(17-12-20(35-2)24-21(13-17)36-16-37-24)23(25(31)32)19(28)7-8-26-38(3,33)34/h12-13,18-19,23,26,29H,4-11,14-16H2,1-3H3,(H,31,32)/t18-,19+,23?/m1/s1. The van der Waals surface area contributed by atoms with E-state index in [1.807, 2.05) is 11.8 Å². The molecule has 3 atom stereocenters. The number of rotatable bonds is 15. The number of methoxy groups -OCH3 is 1. The molecule has 3 rings (SSSR count). The van der Waals surface area contributed by atoms with Crippen LogP contribution < -0.4 is 18.9 Å². The van der Waals surface area contributed by atoms with Crippen LogP contribution in [0.25, 0.3) is 0 Å². The van der Waals surface area contributed by atoms with Crippen molar-refractivity contribution in [2.45, 2.75) is 44.6 Å². The molecule has 0 aliphatic carbocycles. The molecule has 38 heavy (non-hydrogen) atoms. The fraction of sp³-hybridized carbons (Fsp3) is 0.680. The molecule has 12 nitrogen and oxygen atoms in total. The minimum atomic E-state index is -3.47. The van der Waals surface area contributed by atoms with Gasteiger partial charge in [0.25, 0.3) is 0 Å². The molecule has 3 N–H and O–H groups in total. The Morgan fingerprint density at radius 1 is 1.24 bits per heavy atom. The smallest absolute Gasteiger partial charge is 0.308 e. The van der Waals surface area contributed by atoms with Gasteiger partial charge in [0.15, 0.2) is 11.5 Å². The minimum absolute atomic E-state index is 0.0132. The summed E-state index contributed by atoms with van der Waals surface area (Å²) in [5, 5.41) is 19.6. The van der Waals surface area contributed by atoms with Gasteiger partial charge in [0, 0.05) is 44.7 Å². The number of unbranched alkanes of at least 4 members (excludes halogenated alkanes) is 1. The third-order valence-corrected chi connectivity index (χ3v) is 7.73. The van der Waals surface area contributed by atoms with E-state index in [4.69, 9.17) is 14.2 Å². The number of aliphatic hydroxyl groups is 1. The number of carboxylic acid groups (broad SMARTS) is 1. The van der Waals surface area contributed by atoms with Crippen LogP contribution in [0, 0.1) is 5.92 Å². The number of hydrogen-bond acceptors (Lipinski definition) is 9. The Kier molecular flexibility index (Phi) is 10.6. The van der Waals surface area contributed by atoms with Gasteiger partial charge < -0.3 is 29.3 Å². The van der Waals surface area contributed by atoms with Gasteiger partial charge in [0.05, 0.1) is 25.8 Å². The summed E-state index contributed by atoms with van der Waals surface area (Å²) in [7, 11) is -1.98. The molecule has 214 valence electrons. The van der Waals surface area contributed by atoms with E-state index in [0.717, 1.165) is 19.1 Å². The number of hydrogen-bond donors (Lipinski definition) is 3. The lowest BCUT2D eigenvalue weighted by Crippen LogP contribution is -2.45. The Balaban J connectivity index is 1.92. The summed E-state index contributed by atoms with van der Waals surface area (Å²) in [6.07, 6.45) is 3.43. The Labute approximate surface area is 223 Å². The molecule has 2 aliphatic rings. The summed E-state index contributed by atoms with van der Waals surface area (Å²) in [6.45, 7) is 3.29. The highest BCUT2D eigenvalue weighted by molar-refractivity contribution is 7.88. The second kappa shape index (κ2) is 13.5. The average Bonchev–Trinajstić information content (AvgIpc) is 3.47. The molecule has 1 aromatic carbocycles. The molecule has 0 saturated carbocycles. The fourth-order valence-corrected chi connectivity index (χ4v) is 5.68. The minimum Gasteiger partial charge on any atom is -0.493 e. The molecule has 0 aromatic heterocycles. The first-order valence-corrected chi connectivity index (χ1v) is 14.8. The van der Waals surface area contributed by atoms with Crippen LogP contribution in [0.1, 0.15) is 44.1 Å². The highest BCUT2D eigenvalue weighted by Crippen LogP contribution is 2.47. The summed E-state index contributed by atoms with van der Waals surface area (Å²) < 4.78 is 42.3. The normalized spacial score (nSPS) is 21.0. The van der Waals surface area contributed by atoms with E-state index in [0.29, 0.717) is 42.3 Å². The molecule has 1 aromatic rings. The number of ether oxygens (including phenoxy) is 3. The second-order valence-electron chi connectivity index (χ2n) is 9.69. The van der Waals surface area contributed by atoms with Gasteiger partial charge in [0.2, 0.25) is 28.5 Å². The zero-order chi connectivity index (χ0) is 27.9. The van der Waals surface area contributed by atoms with Crippen LogP contribution in [0.15, 0.2) is 12.1 Å². The molecule has 2 aliphatic heterocycles. The van der Waals surface area contributed by atoms with Crippen LogP contribution in [0.4, 0.5) is 0 Å². The van der Waals surface area contributed by atoms with Gasteiger partial charge >= 0.3 is 5.97 Å². The summed E-state index contributed by atoms with van der Waals surface area (Å²) in [4.78, 5) is 29.5. The van der Waals surface area contributed by atoms with Crippen LogP contribution in [0.3, 0.4) is 0 Å². The summed E-state index contributed by atoms with van der Waals surface area (Å²) in [6, 6.07) is 2.88. The number of benzene rings is 1. The fourth-order valence-electron chi connectivity index (χ4n) is 5.19. The number of carbonyl (C=O) groups is 2. The predicted octanol–water partition coefficient (Wildman–Crippen LogP) is 0.843. The van der Waals surface area contributed by atoms with Gasteiger partial charge in [-0.15, -0.1) is 0 Å². The van der Waals surface area contributed by atoms with Crippen LogP contribution in [-0.2, 0) is 19.6 Å². The van der Waals surface area contributed by atoms with Crippen LogP contribution >= 0.6 is 0 Å². The number of nitrogens with one attached hydrogen (secondary N) is 1. The van der Waals surface area contributed by atoms with E-state index < -0.39 is 33.9 Å². The first-order valence-electron chi connectivity index (χ1n) is 12.9. The Hall–Kier alpha value is -2.61. The van der Waals surface area contributed by atoms with E-state index in [2.05, 4.69) is 4.72 Å². The Morgan fingerprint density at radius 2 is 1.97 bits per heavy atom. The summed E-state index contributed by atoms with van der Waals surface area (Å²) in [5.41, 5.74) is 0.678. The number of aliphatic hydroxyl groups excluding tert-OH is 1. The van der Waals surface area contributed by atoms with Gasteiger partial charge in [0.1, 0.15) is 0 Å². The Bertz CT molecular complexity index is 1070. The van der Waals surface area contributed by atoms with Crippen molar-refractivity contribution < 1.29 is 42.4 Å². The molecular formula is C25H39N3O9S. The van der Waals surface area contributed by atoms with Gasteiger partial charge in [-0.3, -0.25) is 14.5 Å². The highest BCUT2D eigenvalue weighted by Gasteiger charge is 2.47. The first kappa shape index (κ1) is 29.9. The number of fused-ring (bicyclic) bond motifs is 1. The maximum absolute atomic E-state index is 13.4. The molecule has 13 heteroatoms. The molecule has 1 amide bonds. The molecule has 1 fully saturated rings. The number of sulfonamides is 1. The number of aliphatic carboxylic acids is 1. The van der Waals surface area contributed by atoms with E-state index in [1.165, 1.54) is 7.11 Å². The number of carbonyl (C=O) groups excluding carboxylic acids is 1. The van der Waals surface area contributed by atoms with E-state index in [9.17, 15) is 28.2 Å². The van der Waals surface area contributed by atoms with Gasteiger partial charge in [-0.2, -0.15) is 0 Å². The monoisotopic (exact) mass is 557 g/mol. The van der Waals surface area contributed by atoms with E-state index >= 15 is 0 Å². The number of amides is 1. The lowest BCUT2D eigenvalue weighted by molar-refractivity contribution is -0.143. The molecule has 1 saturated heterocycles. The molecule has 1 unspecified atom stereocenters. The van der Waals surface area contributed by atoms with Crippen LogP contribution in [0.5, 0.6) is 17.2 Å². The third-order valence-electron chi connectivity index (χ3n) is 7.01. The van der Waals surface area contributed by atoms with Gasteiger partial charge in [-0.1, -0.05) is 13.3 Å². The maximum Gasteiger partial charge on any atom is 0.308 e. The van der Waals surface area contributed by atoms with Crippen LogP contribution in [0.2, 0.25) is 0 Å². The Morgan fingerprint density at radius 3 is 2.61 bits per heavy atom. The molecule has 2 heterocycles. The number of likely N-dealkylation sites (tertiary alicyclic amines) is 1. The summed E-state index contributed by atoms with van der Waals surface area (Å²) >= 11 is 0. The van der Waals surface area contributed by atoms with Gasteiger partial charge in [-0.25, -0.2) is 13.1 Å². The van der Waals surface area contributed by atoms with Crippen molar-refractivity contribution in [3.63, 3.8) is 0 Å². The highest BCUT2D eigenvalue weighted by atomic mass is 32.2. The molecule has 0 bridgehead atoms. The van der Waals surface area contributed by atoms with E-state index in [1.54, 1.807) is 17.0 Å². The predicted molar refractivity (Wildman–Crippen MR) is 139 cm³/mol. The van der Waals surface area contributed by atoms with Crippen LogP contribution in [-0.4, -0.2) is 106 Å². The lowest BCUT2D eigenvalue weighted by atomic mass is 9.84.